The summed E-state index contributed by atoms with van der Waals surface area (Å²) in [7, 11) is -2.09. The molecule has 0 radical (unpaired) electrons. The summed E-state index contributed by atoms with van der Waals surface area (Å²) in [6, 6.07) is 11.8. The Kier molecular flexibility index (Phi) is 6.73. The Morgan fingerprint density at radius 2 is 1.60 bits per heavy atom. The Labute approximate surface area is 176 Å². The molecule has 1 aliphatic rings. The molecule has 2 aromatic carbocycles. The highest BCUT2D eigenvalue weighted by Crippen LogP contribution is 2.27. The fourth-order valence-corrected chi connectivity index (χ4v) is 5.09. The summed E-state index contributed by atoms with van der Waals surface area (Å²) in [5.74, 6) is -0.455. The summed E-state index contributed by atoms with van der Waals surface area (Å²) < 4.78 is 27.5. The van der Waals surface area contributed by atoms with Gasteiger partial charge in [0.05, 0.1) is 4.90 Å². The Morgan fingerprint density at radius 3 is 2.27 bits per heavy atom. The molecule has 0 aliphatic heterocycles. The molecule has 0 heterocycles. The normalized spacial score (nSPS) is 15.0. The number of urea groups is 1. The number of sulfonamides is 1. The second-order valence-electron chi connectivity index (χ2n) is 7.37. The van der Waals surface area contributed by atoms with Crippen LogP contribution < -0.4 is 16.4 Å². The predicted octanol–water partition coefficient (Wildman–Crippen LogP) is 3.38. The van der Waals surface area contributed by atoms with Crippen LogP contribution in [0.5, 0.6) is 0 Å². The van der Waals surface area contributed by atoms with Crippen molar-refractivity contribution in [2.75, 3.05) is 17.7 Å². The summed E-state index contributed by atoms with van der Waals surface area (Å²) in [4.78, 5) is 23.7. The van der Waals surface area contributed by atoms with Crippen molar-refractivity contribution in [3.8, 4) is 0 Å². The smallest absolute Gasteiger partial charge is 0.316 e. The van der Waals surface area contributed by atoms with Gasteiger partial charge < -0.3 is 16.4 Å². The Hall–Kier alpha value is -2.91. The summed E-state index contributed by atoms with van der Waals surface area (Å²) in [5.41, 5.74) is 6.21. The van der Waals surface area contributed by atoms with Crippen molar-refractivity contribution in [1.29, 1.82) is 0 Å². The van der Waals surface area contributed by atoms with Crippen LogP contribution in [0.3, 0.4) is 0 Å². The van der Waals surface area contributed by atoms with Gasteiger partial charge in [-0.3, -0.25) is 4.79 Å². The highest BCUT2D eigenvalue weighted by Gasteiger charge is 2.29. The minimum atomic E-state index is -3.70. The summed E-state index contributed by atoms with van der Waals surface area (Å²) >= 11 is 0. The zero-order valence-electron chi connectivity index (χ0n) is 16.8. The van der Waals surface area contributed by atoms with Gasteiger partial charge in [0.25, 0.3) is 5.91 Å². The first kappa shape index (κ1) is 21.8. The number of amides is 3. The maximum atomic E-state index is 13.1. The Balaban J connectivity index is 1.77. The summed E-state index contributed by atoms with van der Waals surface area (Å²) in [5, 5.41) is 5.14. The lowest BCUT2D eigenvalue weighted by molar-refractivity contribution is 0.102. The van der Waals surface area contributed by atoms with Gasteiger partial charge in [-0.25, -0.2) is 13.2 Å². The van der Waals surface area contributed by atoms with Crippen LogP contribution in [0.4, 0.5) is 16.2 Å². The van der Waals surface area contributed by atoms with Crippen LogP contribution in [0.2, 0.25) is 0 Å². The van der Waals surface area contributed by atoms with E-state index in [0.29, 0.717) is 11.4 Å². The van der Waals surface area contributed by atoms with E-state index in [1.54, 1.807) is 43.4 Å². The predicted molar refractivity (Wildman–Crippen MR) is 116 cm³/mol. The number of primary amides is 1. The SMILES string of the molecule is CN(C1CCCCC1)S(=O)(=O)c1cccc(C(=O)Nc2cccc(NC(N)=O)c2)c1. The van der Waals surface area contributed by atoms with E-state index in [4.69, 9.17) is 5.73 Å². The molecule has 1 fully saturated rings. The van der Waals surface area contributed by atoms with E-state index in [0.717, 1.165) is 32.1 Å². The van der Waals surface area contributed by atoms with Gasteiger partial charge in [0.15, 0.2) is 0 Å². The molecule has 0 unspecified atom stereocenters. The molecule has 9 heteroatoms. The van der Waals surface area contributed by atoms with Gasteiger partial charge in [0.2, 0.25) is 10.0 Å². The van der Waals surface area contributed by atoms with Crippen LogP contribution in [0.25, 0.3) is 0 Å². The molecule has 0 aromatic heterocycles. The van der Waals surface area contributed by atoms with Crippen LogP contribution in [0, 0.1) is 0 Å². The number of rotatable bonds is 6. The fourth-order valence-electron chi connectivity index (χ4n) is 3.63. The number of hydrogen-bond donors (Lipinski definition) is 3. The van der Waals surface area contributed by atoms with Gasteiger partial charge in [-0.05, 0) is 49.2 Å². The molecule has 3 rings (SSSR count). The highest BCUT2D eigenvalue weighted by molar-refractivity contribution is 7.89. The number of benzene rings is 2. The lowest BCUT2D eigenvalue weighted by Crippen LogP contribution is -2.38. The number of nitrogens with one attached hydrogen (secondary N) is 2. The average molecular weight is 431 g/mol. The van der Waals surface area contributed by atoms with E-state index >= 15 is 0 Å². The van der Waals surface area contributed by atoms with Gasteiger partial charge in [-0.1, -0.05) is 31.4 Å². The van der Waals surface area contributed by atoms with Crippen molar-refractivity contribution in [2.24, 2.45) is 5.73 Å². The molecule has 0 saturated heterocycles. The van der Waals surface area contributed by atoms with E-state index in [9.17, 15) is 18.0 Å². The molecule has 30 heavy (non-hydrogen) atoms. The first-order valence-electron chi connectivity index (χ1n) is 9.83. The van der Waals surface area contributed by atoms with Gasteiger partial charge in [0, 0.05) is 30.0 Å². The quantitative estimate of drug-likeness (QED) is 0.650. The molecule has 1 saturated carbocycles. The van der Waals surface area contributed by atoms with E-state index < -0.39 is 22.0 Å². The maximum absolute atomic E-state index is 13.1. The Morgan fingerprint density at radius 1 is 0.967 bits per heavy atom. The van der Waals surface area contributed by atoms with Gasteiger partial charge in [-0.15, -0.1) is 0 Å². The van der Waals surface area contributed by atoms with Crippen LogP contribution >= 0.6 is 0 Å². The molecular weight excluding hydrogens is 404 g/mol. The monoisotopic (exact) mass is 430 g/mol. The van der Waals surface area contributed by atoms with Crippen molar-refractivity contribution in [3.63, 3.8) is 0 Å². The number of hydrogen-bond acceptors (Lipinski definition) is 4. The molecule has 8 nitrogen and oxygen atoms in total. The van der Waals surface area contributed by atoms with E-state index in [-0.39, 0.29) is 16.5 Å². The van der Waals surface area contributed by atoms with Crippen molar-refractivity contribution in [1.82, 2.24) is 4.31 Å². The zero-order valence-corrected chi connectivity index (χ0v) is 17.6. The van der Waals surface area contributed by atoms with Crippen LogP contribution in [0.15, 0.2) is 53.4 Å². The van der Waals surface area contributed by atoms with Crippen molar-refractivity contribution in [2.45, 2.75) is 43.0 Å². The molecule has 0 atom stereocenters. The lowest BCUT2D eigenvalue weighted by Gasteiger charge is -2.30. The van der Waals surface area contributed by atoms with Crippen molar-refractivity contribution >= 4 is 33.3 Å². The first-order valence-corrected chi connectivity index (χ1v) is 11.3. The molecule has 160 valence electrons. The van der Waals surface area contributed by atoms with Gasteiger partial charge in [-0.2, -0.15) is 4.31 Å². The summed E-state index contributed by atoms with van der Waals surface area (Å²) in [6.07, 6.45) is 4.89. The van der Waals surface area contributed by atoms with Crippen LogP contribution in [0.1, 0.15) is 42.5 Å². The number of carbonyl (C=O) groups excluding carboxylic acids is 2. The minimum absolute atomic E-state index is 0.0123. The van der Waals surface area contributed by atoms with E-state index in [1.807, 2.05) is 0 Å². The molecule has 1 aliphatic carbocycles. The lowest BCUT2D eigenvalue weighted by atomic mass is 9.96. The maximum Gasteiger partial charge on any atom is 0.316 e. The van der Waals surface area contributed by atoms with Crippen molar-refractivity contribution in [3.05, 3.63) is 54.1 Å². The number of nitrogens with two attached hydrogens (primary N) is 1. The molecule has 2 aromatic rings. The number of carbonyl (C=O) groups is 2. The van der Waals surface area contributed by atoms with E-state index in [2.05, 4.69) is 10.6 Å². The second-order valence-corrected chi connectivity index (χ2v) is 9.36. The molecular formula is C21H26N4O4S. The third kappa shape index (κ3) is 5.17. The first-order chi connectivity index (χ1) is 14.3. The average Bonchev–Trinajstić information content (AvgIpc) is 2.73. The molecule has 0 spiro atoms. The summed E-state index contributed by atoms with van der Waals surface area (Å²) in [6.45, 7) is 0. The Bertz CT molecular complexity index is 1030. The van der Waals surface area contributed by atoms with Gasteiger partial charge in [0.1, 0.15) is 0 Å². The molecule has 4 N–H and O–H groups in total. The largest absolute Gasteiger partial charge is 0.351 e. The molecule has 0 bridgehead atoms. The second kappa shape index (κ2) is 9.27. The number of nitrogens with zero attached hydrogens (tertiary/aromatic N) is 1. The standard InChI is InChI=1S/C21H26N4O4S/c1-25(18-10-3-2-4-11-18)30(28,29)19-12-5-7-15(13-19)20(26)23-16-8-6-9-17(14-16)24-21(22)27/h5-9,12-14,18H,2-4,10-11H2,1H3,(H,23,26)(H3,22,24,27). The highest BCUT2D eigenvalue weighted by atomic mass is 32.2. The minimum Gasteiger partial charge on any atom is -0.351 e. The zero-order chi connectivity index (χ0) is 21.7. The third-order valence-electron chi connectivity index (χ3n) is 5.25. The van der Waals surface area contributed by atoms with Gasteiger partial charge >= 0.3 is 6.03 Å². The molecule has 3 amide bonds. The number of anilines is 2. The van der Waals surface area contributed by atoms with Crippen LogP contribution in [-0.4, -0.2) is 37.8 Å². The van der Waals surface area contributed by atoms with E-state index in [1.165, 1.54) is 16.4 Å². The fraction of sp³-hybridized carbons (Fsp3) is 0.333. The van der Waals surface area contributed by atoms with Crippen molar-refractivity contribution < 1.29 is 18.0 Å². The topological polar surface area (TPSA) is 122 Å². The third-order valence-corrected chi connectivity index (χ3v) is 7.16. The van der Waals surface area contributed by atoms with Crippen LogP contribution in [-0.2, 0) is 10.0 Å².